The minimum atomic E-state index is -0.336. The van der Waals surface area contributed by atoms with Crippen molar-refractivity contribution in [3.63, 3.8) is 0 Å². The number of carbonyl (C=O) groups is 1. The maximum Gasteiger partial charge on any atom is 0.225 e. The summed E-state index contributed by atoms with van der Waals surface area (Å²) in [5.41, 5.74) is -0.336. The number of rotatable bonds is 3. The van der Waals surface area contributed by atoms with Crippen LogP contribution in [0.4, 0.5) is 0 Å². The van der Waals surface area contributed by atoms with Crippen LogP contribution in [0.2, 0.25) is 0 Å². The molecule has 1 aromatic rings. The fourth-order valence-electron chi connectivity index (χ4n) is 1.22. The molecule has 3 nitrogen and oxygen atoms in total. The average Bonchev–Trinajstić information content (AvgIpc) is 2.54. The first-order chi connectivity index (χ1) is 6.89. The highest BCUT2D eigenvalue weighted by atomic mass is 16.3. The first kappa shape index (κ1) is 11.8. The van der Waals surface area contributed by atoms with Gasteiger partial charge in [0.2, 0.25) is 5.91 Å². The summed E-state index contributed by atoms with van der Waals surface area (Å²) in [7, 11) is 0. The molecule has 84 valence electrons. The van der Waals surface area contributed by atoms with Crippen molar-refractivity contribution in [2.24, 2.45) is 5.41 Å². The van der Waals surface area contributed by atoms with Gasteiger partial charge in [-0.05, 0) is 19.1 Å². The van der Waals surface area contributed by atoms with E-state index >= 15 is 0 Å². The van der Waals surface area contributed by atoms with Crippen LogP contribution < -0.4 is 5.32 Å². The lowest BCUT2D eigenvalue weighted by molar-refractivity contribution is -0.129. The van der Waals surface area contributed by atoms with Crippen LogP contribution in [-0.2, 0) is 11.2 Å². The monoisotopic (exact) mass is 209 g/mol. The molecule has 0 aliphatic carbocycles. The van der Waals surface area contributed by atoms with Crippen LogP contribution in [0, 0.1) is 5.41 Å². The molecule has 0 bridgehead atoms. The van der Waals surface area contributed by atoms with Crippen LogP contribution in [0.3, 0.4) is 0 Å². The molecule has 0 radical (unpaired) electrons. The molecule has 1 rings (SSSR count). The lowest BCUT2D eigenvalue weighted by Crippen LogP contribution is -2.41. The van der Waals surface area contributed by atoms with E-state index in [2.05, 4.69) is 5.32 Å². The van der Waals surface area contributed by atoms with Crippen molar-refractivity contribution < 1.29 is 9.21 Å². The van der Waals surface area contributed by atoms with Crippen molar-refractivity contribution >= 4 is 5.91 Å². The van der Waals surface area contributed by atoms with Crippen molar-refractivity contribution in [1.29, 1.82) is 0 Å². The summed E-state index contributed by atoms with van der Waals surface area (Å²) in [5.74, 6) is 0.971. The molecule has 1 amide bonds. The van der Waals surface area contributed by atoms with Gasteiger partial charge in [0.05, 0.1) is 6.26 Å². The maximum absolute atomic E-state index is 11.7. The van der Waals surface area contributed by atoms with Gasteiger partial charge in [0, 0.05) is 17.9 Å². The van der Waals surface area contributed by atoms with E-state index in [-0.39, 0.29) is 17.4 Å². The van der Waals surface area contributed by atoms with Crippen molar-refractivity contribution in [3.05, 3.63) is 24.2 Å². The van der Waals surface area contributed by atoms with E-state index in [0.29, 0.717) is 0 Å². The minimum Gasteiger partial charge on any atom is -0.469 e. The highest BCUT2D eigenvalue weighted by Crippen LogP contribution is 2.13. The fraction of sp³-hybridized carbons (Fsp3) is 0.583. The quantitative estimate of drug-likeness (QED) is 0.830. The first-order valence-corrected chi connectivity index (χ1v) is 5.23. The van der Waals surface area contributed by atoms with Crippen LogP contribution in [0.5, 0.6) is 0 Å². The molecule has 1 heterocycles. The van der Waals surface area contributed by atoms with E-state index in [1.807, 2.05) is 39.8 Å². The normalized spacial score (nSPS) is 13.6. The van der Waals surface area contributed by atoms with Gasteiger partial charge < -0.3 is 9.73 Å². The summed E-state index contributed by atoms with van der Waals surface area (Å²) < 4.78 is 5.22. The average molecular weight is 209 g/mol. The molecule has 0 spiro atoms. The third kappa shape index (κ3) is 3.78. The minimum absolute atomic E-state index is 0.0709. The standard InChI is InChI=1S/C12H19NO2/c1-9(8-10-6-5-7-15-10)13-11(14)12(2,3)4/h5-7,9H,8H2,1-4H3,(H,13,14). The molecule has 1 atom stereocenters. The number of furan rings is 1. The molecular formula is C12H19NO2. The zero-order valence-electron chi connectivity index (χ0n) is 9.83. The van der Waals surface area contributed by atoms with Gasteiger partial charge in [-0.1, -0.05) is 20.8 Å². The Kier molecular flexibility index (Phi) is 3.56. The SMILES string of the molecule is CC(Cc1ccco1)NC(=O)C(C)(C)C. The highest BCUT2D eigenvalue weighted by molar-refractivity contribution is 5.81. The molecule has 0 aliphatic rings. The van der Waals surface area contributed by atoms with Crippen LogP contribution >= 0.6 is 0 Å². The Morgan fingerprint density at radius 1 is 1.53 bits per heavy atom. The van der Waals surface area contributed by atoms with E-state index in [4.69, 9.17) is 4.42 Å². The smallest absolute Gasteiger partial charge is 0.225 e. The van der Waals surface area contributed by atoms with Crippen LogP contribution in [0.15, 0.2) is 22.8 Å². The predicted octanol–water partition coefficient (Wildman–Crippen LogP) is 2.37. The predicted molar refractivity (Wildman–Crippen MR) is 59.5 cm³/mol. The Bertz CT molecular complexity index is 309. The Morgan fingerprint density at radius 3 is 2.67 bits per heavy atom. The molecule has 0 saturated carbocycles. The highest BCUT2D eigenvalue weighted by Gasteiger charge is 2.22. The number of nitrogens with one attached hydrogen (secondary N) is 1. The van der Waals surface area contributed by atoms with Gasteiger partial charge >= 0.3 is 0 Å². The molecule has 3 heteroatoms. The molecule has 1 aromatic heterocycles. The zero-order chi connectivity index (χ0) is 11.5. The summed E-state index contributed by atoms with van der Waals surface area (Å²) in [6.45, 7) is 7.69. The largest absolute Gasteiger partial charge is 0.469 e. The van der Waals surface area contributed by atoms with E-state index in [1.165, 1.54) is 0 Å². The topological polar surface area (TPSA) is 42.2 Å². The summed E-state index contributed by atoms with van der Waals surface area (Å²) >= 11 is 0. The van der Waals surface area contributed by atoms with Crippen molar-refractivity contribution in [2.45, 2.75) is 40.2 Å². The fourth-order valence-corrected chi connectivity index (χ4v) is 1.22. The van der Waals surface area contributed by atoms with Gasteiger partial charge in [-0.15, -0.1) is 0 Å². The third-order valence-electron chi connectivity index (χ3n) is 2.15. The summed E-state index contributed by atoms with van der Waals surface area (Å²) in [6.07, 6.45) is 2.38. The first-order valence-electron chi connectivity index (χ1n) is 5.23. The second-order valence-corrected chi connectivity index (χ2v) is 4.91. The van der Waals surface area contributed by atoms with E-state index in [0.717, 1.165) is 12.2 Å². The molecule has 0 saturated heterocycles. The molecule has 1 N–H and O–H groups in total. The van der Waals surface area contributed by atoms with Crippen LogP contribution in [0.25, 0.3) is 0 Å². The Hall–Kier alpha value is -1.25. The Labute approximate surface area is 90.9 Å². The molecule has 0 fully saturated rings. The number of amides is 1. The zero-order valence-corrected chi connectivity index (χ0v) is 9.83. The van der Waals surface area contributed by atoms with Gasteiger partial charge in [0.1, 0.15) is 5.76 Å². The molecule has 15 heavy (non-hydrogen) atoms. The molecule has 0 aliphatic heterocycles. The lowest BCUT2D eigenvalue weighted by Gasteiger charge is -2.21. The van der Waals surface area contributed by atoms with Crippen LogP contribution in [-0.4, -0.2) is 11.9 Å². The van der Waals surface area contributed by atoms with Gasteiger partial charge in [-0.3, -0.25) is 4.79 Å². The Balaban J connectivity index is 2.43. The molecule has 0 aromatic carbocycles. The van der Waals surface area contributed by atoms with E-state index in [9.17, 15) is 4.79 Å². The molecule has 1 unspecified atom stereocenters. The summed E-state index contributed by atoms with van der Waals surface area (Å²) in [5, 5.41) is 2.96. The maximum atomic E-state index is 11.7. The van der Waals surface area contributed by atoms with E-state index < -0.39 is 0 Å². The van der Waals surface area contributed by atoms with Crippen LogP contribution in [0.1, 0.15) is 33.5 Å². The van der Waals surface area contributed by atoms with Crippen molar-refractivity contribution in [2.75, 3.05) is 0 Å². The van der Waals surface area contributed by atoms with E-state index in [1.54, 1.807) is 6.26 Å². The number of hydrogen-bond donors (Lipinski definition) is 1. The number of carbonyl (C=O) groups excluding carboxylic acids is 1. The summed E-state index contributed by atoms with van der Waals surface area (Å²) in [4.78, 5) is 11.7. The number of hydrogen-bond acceptors (Lipinski definition) is 2. The second kappa shape index (κ2) is 4.51. The van der Waals surface area contributed by atoms with Crippen molar-refractivity contribution in [1.82, 2.24) is 5.32 Å². The van der Waals surface area contributed by atoms with Gasteiger partial charge in [-0.2, -0.15) is 0 Å². The molecular weight excluding hydrogens is 190 g/mol. The van der Waals surface area contributed by atoms with Crippen molar-refractivity contribution in [3.8, 4) is 0 Å². The van der Waals surface area contributed by atoms with Gasteiger partial charge in [0.25, 0.3) is 0 Å². The second-order valence-electron chi connectivity index (χ2n) is 4.91. The van der Waals surface area contributed by atoms with Gasteiger partial charge in [-0.25, -0.2) is 0 Å². The summed E-state index contributed by atoms with van der Waals surface area (Å²) in [6, 6.07) is 3.87. The lowest BCUT2D eigenvalue weighted by atomic mass is 9.95. The van der Waals surface area contributed by atoms with Gasteiger partial charge in [0.15, 0.2) is 0 Å². The Morgan fingerprint density at radius 2 is 2.20 bits per heavy atom. The third-order valence-corrected chi connectivity index (χ3v) is 2.15.